The van der Waals surface area contributed by atoms with Crippen molar-refractivity contribution < 1.29 is 19.1 Å². The van der Waals surface area contributed by atoms with Gasteiger partial charge in [-0.15, -0.1) is 0 Å². The first-order valence-electron chi connectivity index (χ1n) is 10.2. The van der Waals surface area contributed by atoms with Crippen LogP contribution in [0.3, 0.4) is 0 Å². The zero-order valence-electron chi connectivity index (χ0n) is 19.8. The number of alkyl carbamates (subject to hydrolysis) is 1. The van der Waals surface area contributed by atoms with Crippen molar-refractivity contribution in [1.29, 1.82) is 0 Å². The molecule has 0 fully saturated rings. The third kappa shape index (κ3) is 26.6. The zero-order valence-corrected chi connectivity index (χ0v) is 21.4. The Morgan fingerprint density at radius 2 is 1.56 bits per heavy atom. The Bertz CT molecular complexity index is 539. The lowest BCUT2D eigenvalue weighted by molar-refractivity contribution is 0.0562. The molecule has 8 nitrogen and oxygen atoms in total. The minimum Gasteiger partial charge on any atom is -0.444 e. The monoisotopic (exact) mass is 496 g/mol. The van der Waals surface area contributed by atoms with E-state index in [1.807, 2.05) is 20.8 Å². The third-order valence-electron chi connectivity index (χ3n) is 3.07. The highest BCUT2D eigenvalue weighted by Gasteiger charge is 2.16. The smallest absolute Gasteiger partial charge is 0.413 e. The van der Waals surface area contributed by atoms with Gasteiger partial charge in [-0.3, -0.25) is 19.9 Å². The largest absolute Gasteiger partial charge is 0.444 e. The van der Waals surface area contributed by atoms with E-state index in [1.165, 1.54) is 23.5 Å². The summed E-state index contributed by atoms with van der Waals surface area (Å²) >= 11 is 2.67. The van der Waals surface area contributed by atoms with Gasteiger partial charge in [-0.25, -0.2) is 4.79 Å². The fraction of sp³-hybridized carbons (Fsp3) is 0.818. The van der Waals surface area contributed by atoms with Gasteiger partial charge < -0.3 is 15.0 Å². The van der Waals surface area contributed by atoms with Crippen molar-refractivity contribution in [3.63, 3.8) is 0 Å². The van der Waals surface area contributed by atoms with Crippen LogP contribution in [0.25, 0.3) is 0 Å². The molecule has 10 heteroatoms. The molecule has 0 atom stereocenters. The Morgan fingerprint density at radius 1 is 1.03 bits per heavy atom. The van der Waals surface area contributed by atoms with Crippen LogP contribution in [-0.2, 0) is 4.74 Å². The Balaban J connectivity index is -0.000000335. The topological polar surface area (TPSA) is 100 Å². The van der Waals surface area contributed by atoms with Crippen molar-refractivity contribution in [2.45, 2.75) is 81.3 Å². The molecule has 0 radical (unpaired) electrons. The Morgan fingerprint density at radius 3 is 2.03 bits per heavy atom. The molecule has 32 heavy (non-hydrogen) atoms. The normalized spacial score (nSPS) is 10.4. The summed E-state index contributed by atoms with van der Waals surface area (Å²) in [6.07, 6.45) is 2.29. The first-order valence-corrected chi connectivity index (χ1v) is 12.2. The van der Waals surface area contributed by atoms with E-state index in [2.05, 4.69) is 29.5 Å². The van der Waals surface area contributed by atoms with Gasteiger partial charge in [0, 0.05) is 38.7 Å². The second-order valence-electron chi connectivity index (χ2n) is 7.37. The molecule has 0 aliphatic rings. The summed E-state index contributed by atoms with van der Waals surface area (Å²) in [5, 5.41) is 5.26. The maximum absolute atomic E-state index is 11.7. The number of aliphatic imine (C=N–C) groups is 1. The maximum Gasteiger partial charge on any atom is 0.413 e. The van der Waals surface area contributed by atoms with Crippen LogP contribution in [0.4, 0.5) is 14.4 Å². The molecule has 0 bridgehead atoms. The quantitative estimate of drug-likeness (QED) is 0.234. The van der Waals surface area contributed by atoms with E-state index in [0.717, 1.165) is 30.8 Å². The number of carbonyl (C=O) groups is 3. The van der Waals surface area contributed by atoms with E-state index in [4.69, 9.17) is 4.74 Å². The number of nitrogens with zero attached hydrogens (tertiary/aromatic N) is 2. The van der Waals surface area contributed by atoms with Crippen LogP contribution in [0, 0.1) is 0 Å². The number of rotatable bonds is 8. The number of amidine groups is 1. The van der Waals surface area contributed by atoms with E-state index in [1.54, 1.807) is 25.9 Å². The number of amides is 3. The number of hydrogen-bond donors (Lipinski definition) is 2. The van der Waals surface area contributed by atoms with Gasteiger partial charge in [0.2, 0.25) is 0 Å². The molecule has 0 saturated carbocycles. The van der Waals surface area contributed by atoms with E-state index in [9.17, 15) is 14.4 Å². The minimum atomic E-state index is -0.524. The fourth-order valence-corrected chi connectivity index (χ4v) is 2.93. The van der Waals surface area contributed by atoms with Crippen LogP contribution in [0.15, 0.2) is 4.99 Å². The lowest BCUT2D eigenvalue weighted by Gasteiger charge is -2.19. The van der Waals surface area contributed by atoms with Gasteiger partial charge in [-0.05, 0) is 47.0 Å². The average Bonchev–Trinajstić information content (AvgIpc) is 2.66. The summed E-state index contributed by atoms with van der Waals surface area (Å²) in [4.78, 5) is 39.6. The van der Waals surface area contributed by atoms with E-state index < -0.39 is 11.7 Å². The predicted octanol–water partition coefficient (Wildman–Crippen LogP) is 6.26. The molecule has 2 N–H and O–H groups in total. The summed E-state index contributed by atoms with van der Waals surface area (Å²) < 4.78 is 5.14. The average molecular weight is 497 g/mol. The Kier molecular flexibility index (Phi) is 26.9. The molecule has 0 aromatic carbocycles. The predicted molar refractivity (Wildman–Crippen MR) is 143 cm³/mol. The van der Waals surface area contributed by atoms with Crippen molar-refractivity contribution in [3.8, 4) is 0 Å². The van der Waals surface area contributed by atoms with Crippen molar-refractivity contribution in [2.75, 3.05) is 38.7 Å². The number of nitrogens with one attached hydrogen (secondary N) is 2. The highest BCUT2D eigenvalue weighted by Crippen LogP contribution is 2.09. The van der Waals surface area contributed by atoms with Gasteiger partial charge in [0.05, 0.1) is 0 Å². The van der Waals surface area contributed by atoms with E-state index in [0.29, 0.717) is 18.9 Å². The number of ether oxygens (including phenoxy) is 1. The van der Waals surface area contributed by atoms with Gasteiger partial charge in [0.1, 0.15) is 11.4 Å². The molecule has 3 amide bonds. The second kappa shape index (κ2) is 22.8. The summed E-state index contributed by atoms with van der Waals surface area (Å²) in [5.41, 5.74) is -0.524. The van der Waals surface area contributed by atoms with Crippen molar-refractivity contribution >= 4 is 45.9 Å². The van der Waals surface area contributed by atoms with Gasteiger partial charge in [0.25, 0.3) is 10.5 Å². The Hall–Kier alpha value is -1.42. The van der Waals surface area contributed by atoms with Crippen LogP contribution < -0.4 is 10.6 Å². The molecule has 0 aliphatic carbocycles. The van der Waals surface area contributed by atoms with Crippen LogP contribution in [0.2, 0.25) is 0 Å². The minimum absolute atomic E-state index is 0. The summed E-state index contributed by atoms with van der Waals surface area (Å²) in [5.74, 6) is 2.28. The summed E-state index contributed by atoms with van der Waals surface area (Å²) in [7, 11) is 3.44. The standard InChI is InChI=1S/C15H29N3O3S.C5H11NOS.2CH4/c1-7-11-22-14(20)18(6)10-8-9-16-12(2)17-13(19)21-15(3,4)5;1-3-4-8-5(7)6-2;;/h7-11H2,1-6H3,(H,16,17,19);3-4H2,1-2H3,(H,6,7);2*1H4. The molecular formula is C22H48N4O4S2. The lowest BCUT2D eigenvalue weighted by atomic mass is 10.2. The van der Waals surface area contributed by atoms with Gasteiger partial charge in [0.15, 0.2) is 0 Å². The van der Waals surface area contributed by atoms with Gasteiger partial charge in [-0.1, -0.05) is 52.2 Å². The lowest BCUT2D eigenvalue weighted by Crippen LogP contribution is -2.35. The van der Waals surface area contributed by atoms with Gasteiger partial charge >= 0.3 is 6.09 Å². The van der Waals surface area contributed by atoms with E-state index in [-0.39, 0.29) is 25.3 Å². The van der Waals surface area contributed by atoms with Crippen molar-refractivity contribution in [2.24, 2.45) is 4.99 Å². The molecule has 0 aromatic heterocycles. The molecule has 0 aromatic rings. The van der Waals surface area contributed by atoms with Crippen LogP contribution in [0.5, 0.6) is 0 Å². The number of carbonyl (C=O) groups excluding carboxylic acids is 3. The summed E-state index contributed by atoms with van der Waals surface area (Å²) in [6, 6.07) is 0. The molecule has 0 unspecified atom stereocenters. The molecule has 0 rings (SSSR count). The molecule has 0 saturated heterocycles. The van der Waals surface area contributed by atoms with Crippen molar-refractivity contribution in [3.05, 3.63) is 0 Å². The maximum atomic E-state index is 11.7. The third-order valence-corrected chi connectivity index (χ3v) is 5.31. The first kappa shape index (κ1) is 37.9. The molecule has 0 heterocycles. The first-order chi connectivity index (χ1) is 14.0. The van der Waals surface area contributed by atoms with Crippen LogP contribution >= 0.6 is 23.5 Å². The van der Waals surface area contributed by atoms with Gasteiger partial charge in [-0.2, -0.15) is 0 Å². The SMILES string of the molecule is C.C.CCCSC(=O)N(C)CCCN=C(C)NC(=O)OC(C)(C)C.CCCSC(=O)NC. The second-order valence-corrected chi connectivity index (χ2v) is 9.48. The fourth-order valence-electron chi connectivity index (χ4n) is 1.70. The molecule has 192 valence electrons. The number of hydrogen-bond acceptors (Lipinski definition) is 7. The van der Waals surface area contributed by atoms with Crippen LogP contribution in [0.1, 0.15) is 75.7 Å². The highest BCUT2D eigenvalue weighted by molar-refractivity contribution is 8.13. The van der Waals surface area contributed by atoms with Crippen LogP contribution in [-0.4, -0.2) is 71.6 Å². The zero-order chi connectivity index (χ0) is 23.6. The number of thioether (sulfide) groups is 2. The summed E-state index contributed by atoms with van der Waals surface area (Å²) in [6.45, 7) is 12.4. The molecule has 0 spiro atoms. The molecular weight excluding hydrogens is 448 g/mol. The highest BCUT2D eigenvalue weighted by atomic mass is 32.2. The Labute approximate surface area is 205 Å². The van der Waals surface area contributed by atoms with E-state index >= 15 is 0 Å². The van der Waals surface area contributed by atoms with Crippen molar-refractivity contribution in [1.82, 2.24) is 15.5 Å². The molecule has 0 aliphatic heterocycles.